The summed E-state index contributed by atoms with van der Waals surface area (Å²) >= 11 is 0. The second-order valence-electron chi connectivity index (χ2n) is 1.98. The fourth-order valence-electron chi connectivity index (χ4n) is 0.466. The molecule has 1 heterocycles. The molecule has 0 radical (unpaired) electrons. The highest BCUT2D eigenvalue weighted by Crippen LogP contribution is 2.25. The zero-order valence-electron chi connectivity index (χ0n) is 6.72. The average molecular weight is 222 g/mol. The first-order valence-electron chi connectivity index (χ1n) is 3.13. The van der Waals surface area contributed by atoms with Gasteiger partial charge in [0.2, 0.25) is 0 Å². The molecule has 9 heteroatoms. The Labute approximate surface area is 78.2 Å². The molecule has 8 nitrogen and oxygen atoms in total. The largest absolute Gasteiger partial charge is 0.466 e. The number of pyridine rings is 1. The minimum atomic E-state index is -4.64. The van der Waals surface area contributed by atoms with Gasteiger partial charge in [-0.1, -0.05) is 0 Å². The van der Waals surface area contributed by atoms with Crippen LogP contribution in [0.25, 0.3) is 0 Å². The maximum atomic E-state index is 9.98. The number of hydrogen-bond acceptors (Lipinski definition) is 4. The lowest BCUT2D eigenvalue weighted by atomic mass is 10.4. The highest BCUT2D eigenvalue weighted by molar-refractivity contribution is 7.45. The molecule has 0 spiro atoms. The van der Waals surface area contributed by atoms with E-state index in [0.717, 1.165) is 0 Å². The third-order valence-corrected chi connectivity index (χ3v) is 0.874. The predicted octanol–water partition coefficient (Wildman–Crippen LogP) is 0.0612. The zero-order valence-corrected chi connectivity index (χ0v) is 7.61. The first-order chi connectivity index (χ1) is 6.30. The van der Waals surface area contributed by atoms with Crippen molar-refractivity contribution in [3.63, 3.8) is 0 Å². The van der Waals surface area contributed by atoms with Crippen LogP contribution in [-0.4, -0.2) is 24.6 Å². The van der Waals surface area contributed by atoms with Crippen LogP contribution in [0.15, 0.2) is 24.5 Å². The summed E-state index contributed by atoms with van der Waals surface area (Å²) in [5.41, 5.74) is 0.0741. The summed E-state index contributed by atoms with van der Waals surface area (Å²) in [5.74, 6) is 0. The molecular weight excluding hydrogens is 215 g/mol. The van der Waals surface area contributed by atoms with Crippen LogP contribution in [-0.2, 0) is 4.57 Å². The van der Waals surface area contributed by atoms with E-state index < -0.39 is 12.7 Å². The number of rotatable bonds is 1. The minimum absolute atomic E-state index is 0.0741. The van der Waals surface area contributed by atoms with Gasteiger partial charge < -0.3 is 14.7 Å². The van der Waals surface area contributed by atoms with Gasteiger partial charge >= 0.3 is 7.82 Å². The topological polar surface area (TPSA) is 134 Å². The maximum Gasteiger partial charge on any atom is 0.466 e. The average Bonchev–Trinajstić information content (AvgIpc) is 2.03. The fraction of sp³-hybridized carbons (Fsp3) is 0. The number of hydrogen-bond donors (Lipinski definition) is 3. The first kappa shape index (κ1) is 12.7. The highest BCUT2D eigenvalue weighted by atomic mass is 31.2. The lowest BCUT2D eigenvalue weighted by molar-refractivity contribution is -0.384. The Balaban J connectivity index is 0.000000292. The van der Waals surface area contributed by atoms with E-state index >= 15 is 0 Å². The van der Waals surface area contributed by atoms with Crippen molar-refractivity contribution in [2.45, 2.75) is 0 Å². The van der Waals surface area contributed by atoms with Crippen LogP contribution in [0.4, 0.5) is 5.69 Å². The molecule has 0 aliphatic heterocycles. The number of phosphoric acid groups is 1. The molecule has 3 N–H and O–H groups in total. The molecule has 1 aromatic heterocycles. The van der Waals surface area contributed by atoms with Crippen molar-refractivity contribution in [2.24, 2.45) is 0 Å². The van der Waals surface area contributed by atoms with E-state index in [4.69, 9.17) is 19.2 Å². The van der Waals surface area contributed by atoms with Crippen LogP contribution in [0.1, 0.15) is 0 Å². The minimum Gasteiger partial charge on any atom is -0.303 e. The quantitative estimate of drug-likeness (QED) is 0.347. The van der Waals surface area contributed by atoms with Crippen LogP contribution < -0.4 is 0 Å². The van der Waals surface area contributed by atoms with Gasteiger partial charge in [0.25, 0.3) is 5.69 Å². The van der Waals surface area contributed by atoms with Gasteiger partial charge in [-0.05, 0) is 0 Å². The van der Waals surface area contributed by atoms with Crippen molar-refractivity contribution < 1.29 is 24.2 Å². The van der Waals surface area contributed by atoms with Gasteiger partial charge in [0.05, 0.1) is 4.92 Å². The standard InChI is InChI=1S/C5H4N2O2.H3O4P/c8-7(9)5-1-3-6-4-2-5;1-5(2,3)4/h1-4H;(H3,1,2,3,4). The van der Waals surface area contributed by atoms with Gasteiger partial charge in [-0.15, -0.1) is 0 Å². The van der Waals surface area contributed by atoms with E-state index in [0.29, 0.717) is 0 Å². The second-order valence-corrected chi connectivity index (χ2v) is 3.00. The summed E-state index contributed by atoms with van der Waals surface area (Å²) in [6, 6.07) is 2.69. The molecule has 78 valence electrons. The normalized spacial score (nSPS) is 9.93. The Kier molecular flexibility index (Phi) is 4.89. The summed E-state index contributed by atoms with van der Waals surface area (Å²) in [6.45, 7) is 0. The third kappa shape index (κ3) is 8.75. The smallest absolute Gasteiger partial charge is 0.303 e. The van der Waals surface area contributed by atoms with Gasteiger partial charge in [0.15, 0.2) is 0 Å². The van der Waals surface area contributed by atoms with Crippen LogP contribution >= 0.6 is 7.82 Å². The molecule has 0 atom stereocenters. The summed E-state index contributed by atoms with van der Waals surface area (Å²) in [5, 5.41) is 9.98. The molecule has 0 aliphatic rings. The second kappa shape index (κ2) is 5.40. The van der Waals surface area contributed by atoms with E-state index in [2.05, 4.69) is 4.98 Å². The lowest BCUT2D eigenvalue weighted by Gasteiger charge is -1.84. The Bertz CT molecular complexity index is 327. The summed E-state index contributed by atoms with van der Waals surface area (Å²) in [7, 11) is -4.64. The first-order valence-corrected chi connectivity index (χ1v) is 4.70. The summed E-state index contributed by atoms with van der Waals surface area (Å²) < 4.78 is 8.88. The Hall–Kier alpha value is -1.34. The number of aromatic nitrogens is 1. The monoisotopic (exact) mass is 222 g/mol. The molecule has 14 heavy (non-hydrogen) atoms. The van der Waals surface area contributed by atoms with Crippen molar-refractivity contribution in [3.05, 3.63) is 34.6 Å². The van der Waals surface area contributed by atoms with Gasteiger partial charge in [-0.25, -0.2) is 4.57 Å². The number of nitro groups is 1. The predicted molar refractivity (Wildman–Crippen MR) is 45.2 cm³/mol. The SMILES string of the molecule is O=P(O)(O)O.O=[N+]([O-])c1ccncc1. The maximum absolute atomic E-state index is 9.98. The Morgan fingerprint density at radius 2 is 1.64 bits per heavy atom. The summed E-state index contributed by atoms with van der Waals surface area (Å²) in [4.78, 5) is 34.7. The van der Waals surface area contributed by atoms with Crippen LogP contribution in [0, 0.1) is 10.1 Å². The van der Waals surface area contributed by atoms with Gasteiger partial charge in [0, 0.05) is 24.5 Å². The Morgan fingerprint density at radius 1 is 1.29 bits per heavy atom. The van der Waals surface area contributed by atoms with E-state index in [9.17, 15) is 10.1 Å². The van der Waals surface area contributed by atoms with Crippen molar-refractivity contribution >= 4 is 13.5 Å². The van der Waals surface area contributed by atoms with Crippen molar-refractivity contribution in [1.82, 2.24) is 4.98 Å². The van der Waals surface area contributed by atoms with Gasteiger partial charge in [-0.2, -0.15) is 0 Å². The van der Waals surface area contributed by atoms with E-state index in [-0.39, 0.29) is 5.69 Å². The fourth-order valence-corrected chi connectivity index (χ4v) is 0.466. The molecule has 1 aromatic rings. The summed E-state index contributed by atoms with van der Waals surface area (Å²) in [6.07, 6.45) is 2.77. The Morgan fingerprint density at radius 3 is 1.86 bits per heavy atom. The zero-order chi connectivity index (χ0) is 11.2. The lowest BCUT2D eigenvalue weighted by Crippen LogP contribution is -1.85. The molecule has 0 saturated heterocycles. The molecule has 0 fully saturated rings. The van der Waals surface area contributed by atoms with Crippen molar-refractivity contribution in [2.75, 3.05) is 0 Å². The van der Waals surface area contributed by atoms with Crippen LogP contribution in [0.3, 0.4) is 0 Å². The van der Waals surface area contributed by atoms with Crippen LogP contribution in [0.5, 0.6) is 0 Å². The molecule has 0 aromatic carbocycles. The van der Waals surface area contributed by atoms with Crippen molar-refractivity contribution in [1.29, 1.82) is 0 Å². The molecular formula is C5H7N2O6P. The molecule has 1 rings (SSSR count). The third-order valence-electron chi connectivity index (χ3n) is 0.874. The molecule has 0 bridgehead atoms. The van der Waals surface area contributed by atoms with Crippen LogP contribution in [0.2, 0.25) is 0 Å². The van der Waals surface area contributed by atoms with Crippen molar-refractivity contribution in [3.8, 4) is 0 Å². The van der Waals surface area contributed by atoms with E-state index in [1.54, 1.807) is 0 Å². The molecule has 0 saturated carbocycles. The highest BCUT2D eigenvalue weighted by Gasteiger charge is 2.00. The van der Waals surface area contributed by atoms with E-state index in [1.807, 2.05) is 0 Å². The number of nitrogens with zero attached hydrogens (tertiary/aromatic N) is 2. The molecule has 0 amide bonds. The molecule has 0 aliphatic carbocycles. The molecule has 0 unspecified atom stereocenters. The van der Waals surface area contributed by atoms with Gasteiger partial charge in [-0.3, -0.25) is 15.1 Å². The van der Waals surface area contributed by atoms with Gasteiger partial charge in [0.1, 0.15) is 0 Å². The van der Waals surface area contributed by atoms with E-state index in [1.165, 1.54) is 24.5 Å².